The molecule has 2 rings (SSSR count). The summed E-state index contributed by atoms with van der Waals surface area (Å²) in [6.07, 6.45) is 2.65. The Bertz CT molecular complexity index is 303. The molecule has 70 valence electrons. The summed E-state index contributed by atoms with van der Waals surface area (Å²) in [7, 11) is 0. The van der Waals surface area contributed by atoms with Crippen molar-refractivity contribution >= 4 is 5.69 Å². The average molecular weight is 176 g/mol. The van der Waals surface area contributed by atoms with Crippen molar-refractivity contribution in [3.05, 3.63) is 29.3 Å². The highest BCUT2D eigenvalue weighted by atomic mass is 14.9. The lowest BCUT2D eigenvalue weighted by Gasteiger charge is -2.07. The largest absolute Gasteiger partial charge is 0.398 e. The van der Waals surface area contributed by atoms with E-state index in [1.807, 2.05) is 6.07 Å². The maximum atomic E-state index is 5.89. The van der Waals surface area contributed by atoms with Crippen molar-refractivity contribution in [2.45, 2.75) is 32.4 Å². The second-order valence-electron chi connectivity index (χ2n) is 3.86. The van der Waals surface area contributed by atoms with Crippen LogP contribution in [0.4, 0.5) is 5.69 Å². The van der Waals surface area contributed by atoms with Crippen LogP contribution in [-0.4, -0.2) is 6.04 Å². The minimum Gasteiger partial charge on any atom is -0.398 e. The van der Waals surface area contributed by atoms with E-state index in [1.54, 1.807) is 0 Å². The van der Waals surface area contributed by atoms with E-state index in [0.717, 1.165) is 18.3 Å². The molecule has 2 heteroatoms. The van der Waals surface area contributed by atoms with Gasteiger partial charge in [-0.2, -0.15) is 0 Å². The zero-order chi connectivity index (χ0) is 9.26. The molecular formula is C11H16N2. The van der Waals surface area contributed by atoms with Crippen molar-refractivity contribution in [3.8, 4) is 0 Å². The van der Waals surface area contributed by atoms with E-state index in [0.29, 0.717) is 0 Å². The zero-order valence-electron chi connectivity index (χ0n) is 8.01. The monoisotopic (exact) mass is 176 g/mol. The first-order valence-corrected chi connectivity index (χ1v) is 4.84. The minimum absolute atomic E-state index is 0.751. The van der Waals surface area contributed by atoms with Gasteiger partial charge in [-0.25, -0.2) is 0 Å². The summed E-state index contributed by atoms with van der Waals surface area (Å²) in [5, 5.41) is 3.45. The van der Waals surface area contributed by atoms with E-state index >= 15 is 0 Å². The number of anilines is 1. The van der Waals surface area contributed by atoms with Gasteiger partial charge in [0, 0.05) is 18.3 Å². The Morgan fingerprint density at radius 1 is 1.46 bits per heavy atom. The number of aryl methyl sites for hydroxylation is 1. The first-order chi connectivity index (χ1) is 6.25. The third kappa shape index (κ3) is 2.22. The van der Waals surface area contributed by atoms with Gasteiger partial charge in [-0.1, -0.05) is 12.1 Å². The van der Waals surface area contributed by atoms with E-state index in [2.05, 4.69) is 24.4 Å². The Balaban J connectivity index is 2.01. The van der Waals surface area contributed by atoms with E-state index in [1.165, 1.54) is 24.0 Å². The fourth-order valence-electron chi connectivity index (χ4n) is 1.42. The van der Waals surface area contributed by atoms with Crippen LogP contribution in [0.5, 0.6) is 0 Å². The van der Waals surface area contributed by atoms with E-state index in [-0.39, 0.29) is 0 Å². The predicted molar refractivity (Wildman–Crippen MR) is 55.5 cm³/mol. The molecule has 0 aromatic heterocycles. The summed E-state index contributed by atoms with van der Waals surface area (Å²) in [5.74, 6) is 0. The third-order valence-corrected chi connectivity index (χ3v) is 2.46. The summed E-state index contributed by atoms with van der Waals surface area (Å²) in [5.41, 5.74) is 9.25. The average Bonchev–Trinajstić information content (AvgIpc) is 2.86. The number of hydrogen-bond donors (Lipinski definition) is 2. The summed E-state index contributed by atoms with van der Waals surface area (Å²) < 4.78 is 0. The summed E-state index contributed by atoms with van der Waals surface area (Å²) in [4.78, 5) is 0. The molecule has 0 unspecified atom stereocenters. The molecule has 13 heavy (non-hydrogen) atoms. The summed E-state index contributed by atoms with van der Waals surface area (Å²) in [6.45, 7) is 2.98. The van der Waals surface area contributed by atoms with E-state index < -0.39 is 0 Å². The lowest BCUT2D eigenvalue weighted by Crippen LogP contribution is -2.16. The van der Waals surface area contributed by atoms with Crippen molar-refractivity contribution in [1.29, 1.82) is 0 Å². The molecule has 0 amide bonds. The van der Waals surface area contributed by atoms with Crippen LogP contribution >= 0.6 is 0 Å². The molecule has 3 N–H and O–H groups in total. The first kappa shape index (κ1) is 8.57. The van der Waals surface area contributed by atoms with Gasteiger partial charge in [-0.3, -0.25) is 0 Å². The normalized spacial score (nSPS) is 16.1. The standard InChI is InChI=1S/C11H16N2/c1-8-2-3-9(11(12)6-8)7-13-10-4-5-10/h2-3,6,10,13H,4-5,7,12H2,1H3. The molecule has 1 aliphatic carbocycles. The van der Waals surface area contributed by atoms with Crippen molar-refractivity contribution in [2.75, 3.05) is 5.73 Å². The van der Waals surface area contributed by atoms with E-state index in [9.17, 15) is 0 Å². The summed E-state index contributed by atoms with van der Waals surface area (Å²) >= 11 is 0. The van der Waals surface area contributed by atoms with Gasteiger partial charge < -0.3 is 11.1 Å². The molecule has 1 saturated carbocycles. The van der Waals surface area contributed by atoms with Gasteiger partial charge in [0.15, 0.2) is 0 Å². The Morgan fingerprint density at radius 2 is 2.23 bits per heavy atom. The van der Waals surface area contributed by atoms with Gasteiger partial charge in [-0.05, 0) is 37.0 Å². The van der Waals surface area contributed by atoms with Gasteiger partial charge in [-0.15, -0.1) is 0 Å². The van der Waals surface area contributed by atoms with Gasteiger partial charge in [0.1, 0.15) is 0 Å². The molecule has 0 saturated heterocycles. The van der Waals surface area contributed by atoms with Gasteiger partial charge in [0.2, 0.25) is 0 Å². The molecule has 0 atom stereocenters. The molecule has 0 aliphatic heterocycles. The molecule has 0 spiro atoms. The topological polar surface area (TPSA) is 38.0 Å². The van der Waals surface area contributed by atoms with Crippen molar-refractivity contribution < 1.29 is 0 Å². The molecule has 1 aromatic carbocycles. The minimum atomic E-state index is 0.751. The SMILES string of the molecule is Cc1ccc(CNC2CC2)c(N)c1. The summed E-state index contributed by atoms with van der Waals surface area (Å²) in [6, 6.07) is 7.00. The number of nitrogens with one attached hydrogen (secondary N) is 1. The molecule has 1 fully saturated rings. The van der Waals surface area contributed by atoms with Crippen LogP contribution < -0.4 is 11.1 Å². The van der Waals surface area contributed by atoms with Crippen LogP contribution in [0, 0.1) is 6.92 Å². The fourth-order valence-corrected chi connectivity index (χ4v) is 1.42. The van der Waals surface area contributed by atoms with E-state index in [4.69, 9.17) is 5.73 Å². The molecule has 0 radical (unpaired) electrons. The highest BCUT2D eigenvalue weighted by molar-refractivity contribution is 5.48. The number of hydrogen-bond acceptors (Lipinski definition) is 2. The Kier molecular flexibility index (Phi) is 2.23. The van der Waals surface area contributed by atoms with Crippen LogP contribution in [0.2, 0.25) is 0 Å². The van der Waals surface area contributed by atoms with Gasteiger partial charge >= 0.3 is 0 Å². The molecule has 1 aliphatic rings. The smallest absolute Gasteiger partial charge is 0.0362 e. The van der Waals surface area contributed by atoms with Crippen LogP contribution in [0.1, 0.15) is 24.0 Å². The Labute approximate surface area is 79.1 Å². The lowest BCUT2D eigenvalue weighted by molar-refractivity contribution is 0.689. The van der Waals surface area contributed by atoms with Crippen LogP contribution in [0.15, 0.2) is 18.2 Å². The maximum Gasteiger partial charge on any atom is 0.0362 e. The maximum absolute atomic E-state index is 5.89. The number of nitrogen functional groups attached to an aromatic ring is 1. The molecule has 1 aromatic rings. The first-order valence-electron chi connectivity index (χ1n) is 4.84. The number of nitrogens with two attached hydrogens (primary N) is 1. The molecule has 0 bridgehead atoms. The molecule has 2 nitrogen and oxygen atoms in total. The third-order valence-electron chi connectivity index (χ3n) is 2.46. The second-order valence-corrected chi connectivity index (χ2v) is 3.86. The van der Waals surface area contributed by atoms with Gasteiger partial charge in [0.05, 0.1) is 0 Å². The van der Waals surface area contributed by atoms with Crippen LogP contribution in [-0.2, 0) is 6.54 Å². The van der Waals surface area contributed by atoms with Crippen molar-refractivity contribution in [3.63, 3.8) is 0 Å². The second kappa shape index (κ2) is 3.38. The number of rotatable bonds is 3. The van der Waals surface area contributed by atoms with Crippen molar-refractivity contribution in [1.82, 2.24) is 5.32 Å². The van der Waals surface area contributed by atoms with Crippen molar-refractivity contribution in [2.24, 2.45) is 0 Å². The fraction of sp³-hybridized carbons (Fsp3) is 0.455. The Morgan fingerprint density at radius 3 is 2.85 bits per heavy atom. The molecule has 0 heterocycles. The Hall–Kier alpha value is -1.02. The van der Waals surface area contributed by atoms with Gasteiger partial charge in [0.25, 0.3) is 0 Å². The zero-order valence-corrected chi connectivity index (χ0v) is 8.01. The van der Waals surface area contributed by atoms with Crippen LogP contribution in [0.25, 0.3) is 0 Å². The number of benzene rings is 1. The highest BCUT2D eigenvalue weighted by Crippen LogP contribution is 2.20. The highest BCUT2D eigenvalue weighted by Gasteiger charge is 2.20. The molecular weight excluding hydrogens is 160 g/mol. The quantitative estimate of drug-likeness (QED) is 0.689. The van der Waals surface area contributed by atoms with Crippen LogP contribution in [0.3, 0.4) is 0 Å². The lowest BCUT2D eigenvalue weighted by atomic mass is 10.1. The predicted octanol–water partition coefficient (Wildman–Crippen LogP) is 1.83.